The van der Waals surface area contributed by atoms with Crippen molar-refractivity contribution in [2.24, 2.45) is 0 Å². The highest BCUT2D eigenvalue weighted by Gasteiger charge is 2.28. The van der Waals surface area contributed by atoms with Crippen LogP contribution in [-0.4, -0.2) is 52.9 Å². The molecule has 1 aromatic heterocycles. The van der Waals surface area contributed by atoms with Gasteiger partial charge in [-0.25, -0.2) is 9.97 Å². The molecule has 1 saturated heterocycles. The highest BCUT2D eigenvalue weighted by Crippen LogP contribution is 2.27. The van der Waals surface area contributed by atoms with Gasteiger partial charge in [-0.2, -0.15) is 0 Å². The van der Waals surface area contributed by atoms with Crippen molar-refractivity contribution in [1.29, 1.82) is 0 Å². The van der Waals surface area contributed by atoms with Crippen LogP contribution < -0.4 is 10.1 Å². The number of hydrogen-bond donors (Lipinski definition) is 1. The molecule has 170 valence electrons. The number of rotatable bonds is 7. The van der Waals surface area contributed by atoms with Gasteiger partial charge in [0.15, 0.2) is 0 Å². The van der Waals surface area contributed by atoms with Crippen molar-refractivity contribution in [3.05, 3.63) is 52.6 Å². The van der Waals surface area contributed by atoms with Crippen LogP contribution in [0.3, 0.4) is 0 Å². The molecule has 7 nitrogen and oxygen atoms in total. The van der Waals surface area contributed by atoms with Gasteiger partial charge in [-0.3, -0.25) is 9.59 Å². The second-order valence-corrected chi connectivity index (χ2v) is 8.95. The molecule has 1 N–H and O–H groups in total. The van der Waals surface area contributed by atoms with Crippen molar-refractivity contribution in [3.63, 3.8) is 0 Å². The molecule has 1 aromatic carbocycles. The lowest BCUT2D eigenvalue weighted by atomic mass is 9.95. The molecule has 1 aliphatic heterocycles. The second kappa shape index (κ2) is 9.67. The number of ether oxygens (including phenoxy) is 1. The molecule has 2 fully saturated rings. The van der Waals surface area contributed by atoms with Crippen LogP contribution in [0.5, 0.6) is 5.75 Å². The van der Waals surface area contributed by atoms with Crippen LogP contribution in [0, 0.1) is 13.8 Å². The van der Waals surface area contributed by atoms with Gasteiger partial charge in [0.05, 0.1) is 20.0 Å². The number of methoxy groups -OCH3 is 1. The Hall–Kier alpha value is -2.96. The van der Waals surface area contributed by atoms with Gasteiger partial charge in [-0.1, -0.05) is 12.1 Å². The summed E-state index contributed by atoms with van der Waals surface area (Å²) in [6, 6.07) is 7.99. The number of carbonyl (C=O) groups is 2. The third kappa shape index (κ3) is 5.44. The first-order valence-electron chi connectivity index (χ1n) is 11.5. The largest absolute Gasteiger partial charge is 0.497 e. The molecular formula is C25H32N4O3. The third-order valence-electron chi connectivity index (χ3n) is 6.37. The van der Waals surface area contributed by atoms with Crippen LogP contribution in [0.25, 0.3) is 0 Å². The predicted molar refractivity (Wildman–Crippen MR) is 122 cm³/mol. The van der Waals surface area contributed by atoms with Gasteiger partial charge in [-0.05, 0) is 57.2 Å². The monoisotopic (exact) mass is 436 g/mol. The van der Waals surface area contributed by atoms with Gasteiger partial charge >= 0.3 is 0 Å². The maximum absolute atomic E-state index is 12.9. The Labute approximate surface area is 189 Å². The Balaban J connectivity index is 1.40. The highest BCUT2D eigenvalue weighted by atomic mass is 16.5. The molecule has 1 atom stereocenters. The van der Waals surface area contributed by atoms with E-state index in [4.69, 9.17) is 14.7 Å². The van der Waals surface area contributed by atoms with Gasteiger partial charge in [0, 0.05) is 42.0 Å². The van der Waals surface area contributed by atoms with Crippen molar-refractivity contribution >= 4 is 11.8 Å². The van der Waals surface area contributed by atoms with Crippen molar-refractivity contribution < 1.29 is 14.3 Å². The fraction of sp³-hybridized carbons (Fsp3) is 0.520. The summed E-state index contributed by atoms with van der Waals surface area (Å²) in [7, 11) is 1.63. The number of aryl methyl sites for hydroxylation is 2. The summed E-state index contributed by atoms with van der Waals surface area (Å²) in [4.78, 5) is 36.6. The van der Waals surface area contributed by atoms with Gasteiger partial charge in [0.25, 0.3) is 0 Å². The quantitative estimate of drug-likeness (QED) is 0.722. The first kappa shape index (κ1) is 22.2. The Morgan fingerprint density at radius 3 is 2.38 bits per heavy atom. The standard InChI is InChI=1S/C25H32N4O3/c1-16-22(14-23(30)28-20-8-9-20)17(2)27-25(26-16)19-5-4-12-29(15-19)24(31)13-18-6-10-21(32-3)11-7-18/h6-7,10-11,19-20H,4-5,8-9,12-15H2,1-3H3,(H,28,30)/t19-/m0/s1. The summed E-state index contributed by atoms with van der Waals surface area (Å²) >= 11 is 0. The molecule has 2 aromatic rings. The number of benzene rings is 1. The zero-order chi connectivity index (χ0) is 22.7. The van der Waals surface area contributed by atoms with Gasteiger partial charge < -0.3 is 15.0 Å². The van der Waals surface area contributed by atoms with Crippen LogP contribution in [0.4, 0.5) is 0 Å². The second-order valence-electron chi connectivity index (χ2n) is 8.95. The average Bonchev–Trinajstić information content (AvgIpc) is 3.60. The number of aromatic nitrogens is 2. The van der Waals surface area contributed by atoms with E-state index in [1.54, 1.807) is 7.11 Å². The first-order valence-corrected chi connectivity index (χ1v) is 11.5. The Kier molecular flexibility index (Phi) is 6.72. The summed E-state index contributed by atoms with van der Waals surface area (Å²) < 4.78 is 5.19. The average molecular weight is 437 g/mol. The molecule has 2 heterocycles. The third-order valence-corrected chi connectivity index (χ3v) is 6.37. The summed E-state index contributed by atoms with van der Waals surface area (Å²) in [5.74, 6) is 1.86. The number of hydrogen-bond acceptors (Lipinski definition) is 5. The summed E-state index contributed by atoms with van der Waals surface area (Å²) in [5.41, 5.74) is 3.62. The first-order chi connectivity index (χ1) is 15.4. The molecule has 0 bridgehead atoms. The molecule has 2 amide bonds. The van der Waals surface area contributed by atoms with Gasteiger partial charge in [-0.15, -0.1) is 0 Å². The number of nitrogens with zero attached hydrogens (tertiary/aromatic N) is 3. The molecule has 4 rings (SSSR count). The van der Waals surface area contributed by atoms with Crippen molar-refractivity contribution in [3.8, 4) is 5.75 Å². The number of carbonyl (C=O) groups excluding carboxylic acids is 2. The minimum absolute atomic E-state index is 0.0445. The van der Waals surface area contributed by atoms with E-state index in [-0.39, 0.29) is 17.7 Å². The number of nitrogens with one attached hydrogen (secondary N) is 1. The lowest BCUT2D eigenvalue weighted by molar-refractivity contribution is -0.131. The fourth-order valence-electron chi connectivity index (χ4n) is 4.31. The zero-order valence-corrected chi connectivity index (χ0v) is 19.2. The van der Waals surface area contributed by atoms with E-state index < -0.39 is 0 Å². The smallest absolute Gasteiger partial charge is 0.227 e. The molecule has 0 radical (unpaired) electrons. The number of amides is 2. The molecule has 1 saturated carbocycles. The van der Waals surface area contributed by atoms with E-state index in [9.17, 15) is 9.59 Å². The molecule has 2 aliphatic rings. The fourth-order valence-corrected chi connectivity index (χ4v) is 4.31. The Morgan fingerprint density at radius 2 is 1.75 bits per heavy atom. The number of piperidine rings is 1. The maximum Gasteiger partial charge on any atom is 0.227 e. The molecule has 0 spiro atoms. The number of likely N-dealkylation sites (tertiary alicyclic amines) is 1. The molecule has 0 unspecified atom stereocenters. The van der Waals surface area contributed by atoms with Crippen LogP contribution in [-0.2, 0) is 22.4 Å². The van der Waals surface area contributed by atoms with Gasteiger partial charge in [0.1, 0.15) is 11.6 Å². The normalized spacial score (nSPS) is 18.3. The Morgan fingerprint density at radius 1 is 1.06 bits per heavy atom. The minimum Gasteiger partial charge on any atom is -0.497 e. The van der Waals surface area contributed by atoms with E-state index in [0.717, 1.165) is 66.3 Å². The summed E-state index contributed by atoms with van der Waals surface area (Å²) in [6.45, 7) is 5.30. The van der Waals surface area contributed by atoms with E-state index >= 15 is 0 Å². The maximum atomic E-state index is 12.9. The van der Waals surface area contributed by atoms with E-state index in [1.165, 1.54) is 0 Å². The minimum atomic E-state index is 0.0445. The van der Waals surface area contributed by atoms with Gasteiger partial charge in [0.2, 0.25) is 11.8 Å². The van der Waals surface area contributed by atoms with Crippen LogP contribution >= 0.6 is 0 Å². The molecule has 7 heteroatoms. The molecular weight excluding hydrogens is 404 g/mol. The van der Waals surface area contributed by atoms with Crippen molar-refractivity contribution in [2.45, 2.75) is 64.3 Å². The van der Waals surface area contributed by atoms with E-state index in [1.807, 2.05) is 43.0 Å². The lowest BCUT2D eigenvalue weighted by Crippen LogP contribution is -2.40. The van der Waals surface area contributed by atoms with E-state index in [2.05, 4.69) is 5.32 Å². The van der Waals surface area contributed by atoms with Crippen molar-refractivity contribution in [2.75, 3.05) is 20.2 Å². The van der Waals surface area contributed by atoms with Crippen LogP contribution in [0.2, 0.25) is 0 Å². The highest BCUT2D eigenvalue weighted by molar-refractivity contribution is 5.80. The van der Waals surface area contributed by atoms with Crippen LogP contribution in [0.1, 0.15) is 59.9 Å². The molecule has 1 aliphatic carbocycles. The van der Waals surface area contributed by atoms with E-state index in [0.29, 0.717) is 25.4 Å². The topological polar surface area (TPSA) is 84.4 Å². The van der Waals surface area contributed by atoms with Crippen molar-refractivity contribution in [1.82, 2.24) is 20.2 Å². The predicted octanol–water partition coefficient (Wildman–Crippen LogP) is 2.87. The summed E-state index contributed by atoms with van der Waals surface area (Å²) in [6.07, 6.45) is 4.76. The summed E-state index contributed by atoms with van der Waals surface area (Å²) in [5, 5.41) is 3.03. The molecule has 32 heavy (non-hydrogen) atoms. The zero-order valence-electron chi connectivity index (χ0n) is 19.2. The SMILES string of the molecule is COc1ccc(CC(=O)N2CCC[C@H](c3nc(C)c(CC(=O)NC4CC4)c(C)n3)C2)cc1. The Bertz CT molecular complexity index is 962. The lowest BCUT2D eigenvalue weighted by Gasteiger charge is -2.32. The van der Waals surface area contributed by atoms with Crippen LogP contribution in [0.15, 0.2) is 24.3 Å².